The Hall–Kier alpha value is -3.37. The Kier molecular flexibility index (Phi) is 7.39. The van der Waals surface area contributed by atoms with E-state index in [9.17, 15) is 13.2 Å². The van der Waals surface area contributed by atoms with E-state index in [1.807, 2.05) is 24.3 Å². The summed E-state index contributed by atoms with van der Waals surface area (Å²) < 4.78 is 28.5. The molecule has 0 atom stereocenters. The maximum Gasteiger partial charge on any atom is 0.356 e. The number of hydrogen-bond acceptors (Lipinski definition) is 9. The molecule has 2 N–H and O–H groups in total. The van der Waals surface area contributed by atoms with E-state index in [-0.39, 0.29) is 16.5 Å². The largest absolute Gasteiger partial charge is 0.464 e. The molecule has 0 aliphatic rings. The van der Waals surface area contributed by atoms with E-state index >= 15 is 0 Å². The molecule has 33 heavy (non-hydrogen) atoms. The van der Waals surface area contributed by atoms with Crippen molar-refractivity contribution < 1.29 is 17.9 Å². The summed E-state index contributed by atoms with van der Waals surface area (Å²) in [5, 5.41) is 20.7. The summed E-state index contributed by atoms with van der Waals surface area (Å²) in [6, 6.07) is 14.2. The predicted octanol–water partition coefficient (Wildman–Crippen LogP) is 4.38. The smallest absolute Gasteiger partial charge is 0.356 e. The highest BCUT2D eigenvalue weighted by atomic mass is 32.2. The van der Waals surface area contributed by atoms with E-state index in [4.69, 9.17) is 5.41 Å². The summed E-state index contributed by atoms with van der Waals surface area (Å²) in [4.78, 5) is 12.0. The van der Waals surface area contributed by atoms with Gasteiger partial charge in [-0.1, -0.05) is 55.5 Å². The van der Waals surface area contributed by atoms with E-state index < -0.39 is 15.8 Å². The van der Waals surface area contributed by atoms with Crippen LogP contribution in [0.25, 0.3) is 16.3 Å². The summed E-state index contributed by atoms with van der Waals surface area (Å²) in [7, 11) is -2.16. The normalized spacial score (nSPS) is 12.0. The number of ether oxygens (including phenoxy) is 1. The fraction of sp³-hybridized carbons (Fsp3) is 0.217. The van der Waals surface area contributed by atoms with Crippen LogP contribution < -0.4 is 5.32 Å². The Bertz CT molecular complexity index is 1330. The number of aromatic nitrogens is 2. The second-order valence-electron chi connectivity index (χ2n) is 7.54. The molecule has 2 aromatic carbocycles. The Morgan fingerprint density at radius 1 is 1.15 bits per heavy atom. The number of sulfone groups is 1. The summed E-state index contributed by atoms with van der Waals surface area (Å²) in [5.41, 5.74) is 2.52. The molecule has 0 saturated heterocycles. The number of rotatable bonds is 8. The quantitative estimate of drug-likeness (QED) is 0.359. The lowest BCUT2D eigenvalue weighted by Gasteiger charge is -2.15. The van der Waals surface area contributed by atoms with Gasteiger partial charge in [-0.15, -0.1) is 10.2 Å². The molecule has 0 bridgehead atoms. The summed E-state index contributed by atoms with van der Waals surface area (Å²) in [6.45, 7) is 4.14. The Morgan fingerprint density at radius 3 is 2.55 bits per heavy atom. The lowest BCUT2D eigenvalue weighted by Crippen LogP contribution is -2.14. The average Bonchev–Trinajstić information content (AvgIpc) is 3.28. The zero-order valence-electron chi connectivity index (χ0n) is 18.6. The van der Waals surface area contributed by atoms with Crippen LogP contribution in [0.5, 0.6) is 0 Å². The molecule has 0 radical (unpaired) electrons. The first kappa shape index (κ1) is 24.3. The maximum absolute atomic E-state index is 11.9. The number of carbonyl (C=O) groups excluding carboxylic acids is 1. The van der Waals surface area contributed by atoms with Gasteiger partial charge in [0.1, 0.15) is 10.7 Å². The van der Waals surface area contributed by atoms with Crippen LogP contribution in [-0.4, -0.2) is 43.7 Å². The number of methoxy groups -OCH3 is 1. The zero-order chi connectivity index (χ0) is 24.2. The van der Waals surface area contributed by atoms with Gasteiger partial charge in [0, 0.05) is 17.5 Å². The first-order valence-electron chi connectivity index (χ1n) is 9.99. The van der Waals surface area contributed by atoms with Crippen molar-refractivity contribution in [2.24, 2.45) is 0 Å². The molecule has 0 fully saturated rings. The molecule has 0 unspecified atom stereocenters. The molecule has 0 saturated carbocycles. The molecule has 3 rings (SSSR count). The van der Waals surface area contributed by atoms with Gasteiger partial charge >= 0.3 is 5.97 Å². The second-order valence-corrected chi connectivity index (χ2v) is 10.5. The number of hydrogen-bond donors (Lipinski definition) is 2. The lowest BCUT2D eigenvalue weighted by molar-refractivity contribution is -0.132. The zero-order valence-corrected chi connectivity index (χ0v) is 20.3. The van der Waals surface area contributed by atoms with Gasteiger partial charge in [0.25, 0.3) is 0 Å². The van der Waals surface area contributed by atoms with Crippen molar-refractivity contribution in [3.05, 3.63) is 65.2 Å². The molecule has 0 spiro atoms. The van der Waals surface area contributed by atoms with Crippen LogP contribution in [0.3, 0.4) is 0 Å². The van der Waals surface area contributed by atoms with Crippen molar-refractivity contribution in [2.75, 3.05) is 18.7 Å². The minimum absolute atomic E-state index is 0.184. The van der Waals surface area contributed by atoms with Gasteiger partial charge in [-0.2, -0.15) is 0 Å². The predicted molar refractivity (Wildman–Crippen MR) is 130 cm³/mol. The fourth-order valence-corrected chi connectivity index (χ4v) is 4.51. The van der Waals surface area contributed by atoms with E-state index in [2.05, 4.69) is 34.1 Å². The standard InChI is InChI=1S/C23H24N4O4S2/c1-14(2)17-10-5-6-11-19(17)25-20(13-18(24)23(28)31-3)22-27-26-21(32-22)15-8-7-9-16(12-15)33(4,29)30/h5-14,24-25H,1-4H3/b20-13-,24-18?. The minimum atomic E-state index is -3.37. The number of carbonyl (C=O) groups is 1. The Morgan fingerprint density at radius 2 is 1.88 bits per heavy atom. The highest BCUT2D eigenvalue weighted by Crippen LogP contribution is 2.31. The van der Waals surface area contributed by atoms with Crippen LogP contribution in [0.2, 0.25) is 0 Å². The molecular formula is C23H24N4O4S2. The van der Waals surface area contributed by atoms with Crippen LogP contribution in [0.1, 0.15) is 30.3 Å². The molecule has 10 heteroatoms. The van der Waals surface area contributed by atoms with Gasteiger partial charge in [-0.3, -0.25) is 5.41 Å². The van der Waals surface area contributed by atoms with Gasteiger partial charge in [-0.05, 0) is 35.8 Å². The molecule has 3 aromatic rings. The number of esters is 1. The molecule has 1 aromatic heterocycles. The summed E-state index contributed by atoms with van der Waals surface area (Å²) in [6.07, 6.45) is 2.49. The van der Waals surface area contributed by atoms with Crippen molar-refractivity contribution in [2.45, 2.75) is 24.7 Å². The minimum Gasteiger partial charge on any atom is -0.464 e. The van der Waals surface area contributed by atoms with Crippen molar-refractivity contribution in [1.82, 2.24) is 10.2 Å². The molecule has 0 amide bonds. The molecule has 0 aliphatic heterocycles. The third-order valence-corrected chi connectivity index (χ3v) is 6.83. The first-order valence-corrected chi connectivity index (χ1v) is 12.7. The topological polar surface area (TPSA) is 122 Å². The first-order chi connectivity index (χ1) is 15.6. The van der Waals surface area contributed by atoms with Gasteiger partial charge in [0.15, 0.2) is 14.8 Å². The molecule has 172 valence electrons. The van der Waals surface area contributed by atoms with E-state index in [1.165, 1.54) is 30.6 Å². The van der Waals surface area contributed by atoms with Gasteiger partial charge in [0.05, 0.1) is 17.7 Å². The molecule has 1 heterocycles. The number of benzene rings is 2. The third kappa shape index (κ3) is 5.91. The lowest BCUT2D eigenvalue weighted by atomic mass is 10.0. The number of nitrogens with zero attached hydrogens (tertiary/aromatic N) is 2. The van der Waals surface area contributed by atoms with E-state index in [0.717, 1.165) is 17.5 Å². The fourth-order valence-electron chi connectivity index (χ4n) is 3.03. The van der Waals surface area contributed by atoms with Gasteiger partial charge in [-0.25, -0.2) is 13.2 Å². The van der Waals surface area contributed by atoms with Crippen molar-refractivity contribution >= 4 is 44.2 Å². The van der Waals surface area contributed by atoms with Crippen LogP contribution >= 0.6 is 11.3 Å². The van der Waals surface area contributed by atoms with E-state index in [1.54, 1.807) is 18.2 Å². The van der Waals surface area contributed by atoms with Gasteiger partial charge < -0.3 is 10.1 Å². The van der Waals surface area contributed by atoms with Crippen LogP contribution in [0.4, 0.5) is 5.69 Å². The van der Waals surface area contributed by atoms with E-state index in [0.29, 0.717) is 21.3 Å². The van der Waals surface area contributed by atoms with Crippen molar-refractivity contribution in [1.29, 1.82) is 5.41 Å². The SMILES string of the molecule is COC(=O)C(=N)/C=C(\Nc1ccccc1C(C)C)c1nnc(-c2cccc(S(C)(=O)=O)c2)s1. The number of nitrogens with one attached hydrogen (secondary N) is 2. The second kappa shape index (κ2) is 10.1. The highest BCUT2D eigenvalue weighted by Gasteiger charge is 2.17. The van der Waals surface area contributed by atoms with Crippen LogP contribution in [0, 0.1) is 5.41 Å². The third-order valence-electron chi connectivity index (χ3n) is 4.71. The Labute approximate surface area is 196 Å². The monoisotopic (exact) mass is 484 g/mol. The molecule has 8 nitrogen and oxygen atoms in total. The van der Waals surface area contributed by atoms with Crippen LogP contribution in [0.15, 0.2) is 59.5 Å². The van der Waals surface area contributed by atoms with Gasteiger partial charge in [0.2, 0.25) is 0 Å². The maximum atomic E-state index is 11.9. The highest BCUT2D eigenvalue weighted by molar-refractivity contribution is 7.90. The molecule has 0 aliphatic carbocycles. The summed E-state index contributed by atoms with van der Waals surface area (Å²) in [5.74, 6) is -0.546. The number of para-hydroxylation sites is 1. The van der Waals surface area contributed by atoms with Crippen molar-refractivity contribution in [3.8, 4) is 10.6 Å². The van der Waals surface area contributed by atoms with Crippen molar-refractivity contribution in [3.63, 3.8) is 0 Å². The Balaban J connectivity index is 2.05. The van der Waals surface area contributed by atoms with Crippen LogP contribution in [-0.2, 0) is 19.4 Å². The average molecular weight is 485 g/mol. The number of anilines is 1. The molecular weight excluding hydrogens is 460 g/mol. The summed E-state index contributed by atoms with van der Waals surface area (Å²) >= 11 is 1.21.